The fourth-order valence-corrected chi connectivity index (χ4v) is 3.23. The van der Waals surface area contributed by atoms with Gasteiger partial charge in [-0.05, 0) is 51.3 Å². The van der Waals surface area contributed by atoms with E-state index in [1.807, 2.05) is 22.7 Å². The molecular weight excluding hydrogens is 250 g/mol. The van der Waals surface area contributed by atoms with Crippen molar-refractivity contribution in [1.82, 2.24) is 14.3 Å². The van der Waals surface area contributed by atoms with Gasteiger partial charge in [-0.25, -0.2) is 4.98 Å². The molecule has 4 nitrogen and oxygen atoms in total. The Bertz CT molecular complexity index is 590. The van der Waals surface area contributed by atoms with Crippen molar-refractivity contribution in [3.05, 3.63) is 30.2 Å². The number of fused-ring (bicyclic) bond motifs is 1. The third kappa shape index (κ3) is 2.52. The minimum atomic E-state index is 0.284. The number of aromatic hydroxyl groups is 1. The van der Waals surface area contributed by atoms with E-state index in [-0.39, 0.29) is 5.88 Å². The number of aromatic nitrogens is 2. The number of hydrogen-bond acceptors (Lipinski definition) is 3. The van der Waals surface area contributed by atoms with Crippen LogP contribution in [0.25, 0.3) is 5.52 Å². The van der Waals surface area contributed by atoms with E-state index in [0.717, 1.165) is 24.3 Å². The molecule has 2 aromatic rings. The molecule has 1 fully saturated rings. The fourth-order valence-electron chi connectivity index (χ4n) is 3.23. The van der Waals surface area contributed by atoms with Crippen LogP contribution in [0.5, 0.6) is 5.88 Å². The van der Waals surface area contributed by atoms with E-state index in [1.54, 1.807) is 6.07 Å². The quantitative estimate of drug-likeness (QED) is 0.934. The first-order chi connectivity index (χ1) is 9.65. The summed E-state index contributed by atoms with van der Waals surface area (Å²) >= 11 is 0. The van der Waals surface area contributed by atoms with Gasteiger partial charge in [0, 0.05) is 19.0 Å². The molecule has 0 amide bonds. The van der Waals surface area contributed by atoms with E-state index >= 15 is 0 Å². The Morgan fingerprint density at radius 2 is 2.25 bits per heavy atom. The average molecular weight is 273 g/mol. The molecule has 0 radical (unpaired) electrons. The van der Waals surface area contributed by atoms with E-state index in [4.69, 9.17) is 0 Å². The zero-order valence-corrected chi connectivity index (χ0v) is 12.3. The maximum absolute atomic E-state index is 10.0. The van der Waals surface area contributed by atoms with Crippen LogP contribution in [0.15, 0.2) is 24.4 Å². The molecule has 1 unspecified atom stereocenters. The van der Waals surface area contributed by atoms with E-state index in [2.05, 4.69) is 23.7 Å². The summed E-state index contributed by atoms with van der Waals surface area (Å²) in [6.45, 7) is 6.88. The van der Waals surface area contributed by atoms with Crippen LogP contribution >= 0.6 is 0 Å². The molecule has 0 saturated carbocycles. The topological polar surface area (TPSA) is 40.8 Å². The SMILES string of the molecule is CC(C)N1CCCC(Cc2ncc3cccc(O)n23)C1. The first-order valence-electron chi connectivity index (χ1n) is 7.53. The minimum Gasteiger partial charge on any atom is -0.494 e. The van der Waals surface area contributed by atoms with Gasteiger partial charge in [-0.1, -0.05) is 6.07 Å². The van der Waals surface area contributed by atoms with Gasteiger partial charge in [0.15, 0.2) is 5.88 Å². The van der Waals surface area contributed by atoms with Gasteiger partial charge < -0.3 is 10.0 Å². The molecule has 3 heterocycles. The molecule has 0 aromatic carbocycles. The van der Waals surface area contributed by atoms with Crippen LogP contribution in [0.4, 0.5) is 0 Å². The lowest BCUT2D eigenvalue weighted by Gasteiger charge is -2.35. The molecule has 0 spiro atoms. The van der Waals surface area contributed by atoms with Crippen molar-refractivity contribution in [1.29, 1.82) is 0 Å². The Labute approximate surface area is 120 Å². The monoisotopic (exact) mass is 273 g/mol. The third-order valence-corrected chi connectivity index (χ3v) is 4.36. The predicted octanol–water partition coefficient (Wildman–Crippen LogP) is 2.70. The minimum absolute atomic E-state index is 0.284. The summed E-state index contributed by atoms with van der Waals surface area (Å²) in [6, 6.07) is 6.18. The molecule has 1 N–H and O–H groups in total. The van der Waals surface area contributed by atoms with Crippen LogP contribution in [0.3, 0.4) is 0 Å². The van der Waals surface area contributed by atoms with Gasteiger partial charge in [0.2, 0.25) is 0 Å². The third-order valence-electron chi connectivity index (χ3n) is 4.36. The van der Waals surface area contributed by atoms with Crippen molar-refractivity contribution in [3.63, 3.8) is 0 Å². The molecule has 108 valence electrons. The summed E-state index contributed by atoms with van der Waals surface area (Å²) in [5.74, 6) is 1.90. The smallest absolute Gasteiger partial charge is 0.197 e. The fraction of sp³-hybridized carbons (Fsp3) is 0.562. The summed E-state index contributed by atoms with van der Waals surface area (Å²) in [4.78, 5) is 7.05. The Kier molecular flexibility index (Phi) is 3.66. The molecule has 4 heteroatoms. The lowest BCUT2D eigenvalue weighted by Crippen LogP contribution is -2.40. The van der Waals surface area contributed by atoms with Crippen molar-refractivity contribution in [2.45, 2.75) is 39.2 Å². The molecular formula is C16H23N3O. The van der Waals surface area contributed by atoms with Crippen molar-refractivity contribution >= 4 is 5.52 Å². The summed E-state index contributed by atoms with van der Waals surface area (Å²) in [6.07, 6.45) is 5.30. The number of nitrogens with zero attached hydrogens (tertiary/aromatic N) is 3. The number of imidazole rings is 1. The van der Waals surface area contributed by atoms with Crippen LogP contribution in [0, 0.1) is 5.92 Å². The maximum Gasteiger partial charge on any atom is 0.197 e. The van der Waals surface area contributed by atoms with Crippen molar-refractivity contribution in [2.75, 3.05) is 13.1 Å². The molecule has 3 rings (SSSR count). The number of pyridine rings is 1. The van der Waals surface area contributed by atoms with Crippen LogP contribution in [-0.4, -0.2) is 38.5 Å². The summed E-state index contributed by atoms with van der Waals surface area (Å²) < 4.78 is 1.87. The van der Waals surface area contributed by atoms with Crippen molar-refractivity contribution in [3.8, 4) is 5.88 Å². The molecule has 1 aliphatic heterocycles. The predicted molar refractivity (Wildman–Crippen MR) is 80.0 cm³/mol. The van der Waals surface area contributed by atoms with Crippen molar-refractivity contribution < 1.29 is 5.11 Å². The molecule has 0 aliphatic carbocycles. The molecule has 1 saturated heterocycles. The maximum atomic E-state index is 10.0. The second-order valence-electron chi connectivity index (χ2n) is 6.12. The highest BCUT2D eigenvalue weighted by Crippen LogP contribution is 2.24. The van der Waals surface area contributed by atoms with Gasteiger partial charge in [-0.3, -0.25) is 4.40 Å². The summed E-state index contributed by atoms with van der Waals surface area (Å²) in [5, 5.41) is 10.0. The normalized spacial score (nSPS) is 20.9. The molecule has 1 atom stereocenters. The first kappa shape index (κ1) is 13.4. The molecule has 20 heavy (non-hydrogen) atoms. The number of rotatable bonds is 3. The van der Waals surface area contributed by atoms with Crippen molar-refractivity contribution in [2.24, 2.45) is 5.92 Å². The van der Waals surface area contributed by atoms with Crippen LogP contribution in [0.2, 0.25) is 0 Å². The summed E-state index contributed by atoms with van der Waals surface area (Å²) in [7, 11) is 0. The standard InChI is InChI=1S/C16H23N3O/c1-12(2)18-8-4-5-13(11-18)9-15-17-10-14-6-3-7-16(20)19(14)15/h3,6-7,10,12-13,20H,4-5,8-9,11H2,1-2H3. The zero-order chi connectivity index (χ0) is 14.1. The highest BCUT2D eigenvalue weighted by molar-refractivity contribution is 5.48. The second kappa shape index (κ2) is 5.44. The van der Waals surface area contributed by atoms with Crippen LogP contribution < -0.4 is 0 Å². The number of hydrogen-bond donors (Lipinski definition) is 1. The molecule has 2 aromatic heterocycles. The van der Waals surface area contributed by atoms with Gasteiger partial charge in [0.25, 0.3) is 0 Å². The Hall–Kier alpha value is -1.55. The number of piperidine rings is 1. The van der Waals surface area contributed by atoms with Gasteiger partial charge >= 0.3 is 0 Å². The van der Waals surface area contributed by atoms with Gasteiger partial charge in [0.1, 0.15) is 5.82 Å². The number of likely N-dealkylation sites (tertiary alicyclic amines) is 1. The highest BCUT2D eigenvalue weighted by atomic mass is 16.3. The van der Waals surface area contributed by atoms with Crippen LogP contribution in [-0.2, 0) is 6.42 Å². The lowest BCUT2D eigenvalue weighted by molar-refractivity contribution is 0.138. The Morgan fingerprint density at radius 1 is 1.40 bits per heavy atom. The lowest BCUT2D eigenvalue weighted by atomic mass is 9.93. The highest BCUT2D eigenvalue weighted by Gasteiger charge is 2.23. The molecule has 0 bridgehead atoms. The van der Waals surface area contributed by atoms with Gasteiger partial charge in [-0.15, -0.1) is 0 Å². The second-order valence-corrected chi connectivity index (χ2v) is 6.12. The van der Waals surface area contributed by atoms with E-state index in [1.165, 1.54) is 19.4 Å². The Morgan fingerprint density at radius 3 is 3.05 bits per heavy atom. The van der Waals surface area contributed by atoms with E-state index in [0.29, 0.717) is 12.0 Å². The largest absolute Gasteiger partial charge is 0.494 e. The van der Waals surface area contributed by atoms with Crippen LogP contribution in [0.1, 0.15) is 32.5 Å². The van der Waals surface area contributed by atoms with Gasteiger partial charge in [0.05, 0.1) is 11.7 Å². The zero-order valence-electron chi connectivity index (χ0n) is 12.3. The molecule has 1 aliphatic rings. The summed E-state index contributed by atoms with van der Waals surface area (Å²) in [5.41, 5.74) is 0.969. The van der Waals surface area contributed by atoms with E-state index < -0.39 is 0 Å². The van der Waals surface area contributed by atoms with E-state index in [9.17, 15) is 5.11 Å². The Balaban J connectivity index is 1.79. The first-order valence-corrected chi connectivity index (χ1v) is 7.53. The average Bonchev–Trinajstić information content (AvgIpc) is 2.84. The van der Waals surface area contributed by atoms with Gasteiger partial charge in [-0.2, -0.15) is 0 Å².